The van der Waals surface area contributed by atoms with Crippen molar-refractivity contribution in [2.24, 2.45) is 0 Å². The normalized spacial score (nSPS) is 10.8. The highest BCUT2D eigenvalue weighted by molar-refractivity contribution is 6.39. The van der Waals surface area contributed by atoms with E-state index in [9.17, 15) is 0 Å². The Bertz CT molecular complexity index is 1560. The minimum Gasteiger partial charge on any atom is -0.490 e. The summed E-state index contributed by atoms with van der Waals surface area (Å²) in [6, 6.07) is 46.5. The highest BCUT2D eigenvalue weighted by Gasteiger charge is 2.30. The maximum Gasteiger partial charge on any atom is 0.864 e. The minimum absolute atomic E-state index is 0.655. The summed E-state index contributed by atoms with van der Waals surface area (Å²) in [6.07, 6.45) is 0. The van der Waals surface area contributed by atoms with Gasteiger partial charge >= 0.3 is 7.32 Å². The molecule has 6 aromatic carbocycles. The van der Waals surface area contributed by atoms with E-state index in [4.69, 9.17) is 14.0 Å². The number of hydrogen-bond acceptors (Lipinski definition) is 3. The van der Waals surface area contributed by atoms with E-state index in [0.717, 1.165) is 11.1 Å². The van der Waals surface area contributed by atoms with Gasteiger partial charge < -0.3 is 14.0 Å². The van der Waals surface area contributed by atoms with E-state index in [0.29, 0.717) is 17.2 Å². The summed E-state index contributed by atoms with van der Waals surface area (Å²) in [5.74, 6) is 1.99. The first kappa shape index (κ1) is 21.8. The molecule has 0 atom stereocenters. The van der Waals surface area contributed by atoms with Gasteiger partial charge in [0.15, 0.2) is 0 Å². The number of para-hydroxylation sites is 2. The van der Waals surface area contributed by atoms with E-state index in [1.807, 2.05) is 72.8 Å². The molecule has 0 bridgehead atoms. The first-order valence-electron chi connectivity index (χ1n) is 11.9. The Kier molecular flexibility index (Phi) is 5.99. The Morgan fingerprint density at radius 3 is 1.36 bits per heavy atom. The zero-order chi connectivity index (χ0) is 24.2. The molecule has 4 heteroatoms. The largest absolute Gasteiger partial charge is 0.864 e. The third-order valence-electron chi connectivity index (χ3n) is 6.08. The summed E-state index contributed by atoms with van der Waals surface area (Å²) in [5.41, 5.74) is 2.27. The standard InChI is InChI=1S/C32H23BO3/c1-3-11-30(12-4-1)34-33(35-31-13-5-2-6-14-31)36-32-19-17-24(18-20-32)27-15-16-28-21-25-9-7-8-10-26(25)22-29(28)23-27/h1-23H. The SMILES string of the molecule is c1ccc(OB(Oc2ccccc2)Oc2ccc(-c3ccc4cc5ccccc5cc4c3)cc2)cc1. The van der Waals surface area contributed by atoms with Crippen molar-refractivity contribution in [3.05, 3.63) is 140 Å². The van der Waals surface area contributed by atoms with Crippen LogP contribution in [-0.2, 0) is 0 Å². The molecule has 0 saturated carbocycles. The molecule has 0 unspecified atom stereocenters. The van der Waals surface area contributed by atoms with Gasteiger partial charge in [0.2, 0.25) is 0 Å². The van der Waals surface area contributed by atoms with Gasteiger partial charge in [0.05, 0.1) is 0 Å². The molecule has 0 amide bonds. The predicted octanol–water partition coefficient (Wildman–Crippen LogP) is 8.18. The number of benzene rings is 6. The maximum absolute atomic E-state index is 6.09. The fourth-order valence-electron chi connectivity index (χ4n) is 4.25. The molecule has 0 aromatic heterocycles. The Morgan fingerprint density at radius 2 is 0.778 bits per heavy atom. The lowest BCUT2D eigenvalue weighted by Gasteiger charge is -2.16. The molecule has 6 aromatic rings. The molecule has 0 radical (unpaired) electrons. The van der Waals surface area contributed by atoms with Crippen molar-refractivity contribution in [1.29, 1.82) is 0 Å². The topological polar surface area (TPSA) is 27.7 Å². The van der Waals surface area contributed by atoms with Gasteiger partial charge in [-0.15, -0.1) is 0 Å². The van der Waals surface area contributed by atoms with Gasteiger partial charge in [-0.05, 0) is 87.3 Å². The molecule has 36 heavy (non-hydrogen) atoms. The van der Waals surface area contributed by atoms with Crippen molar-refractivity contribution in [1.82, 2.24) is 0 Å². The summed E-state index contributed by atoms with van der Waals surface area (Å²) in [7, 11) is -0.936. The zero-order valence-corrected chi connectivity index (χ0v) is 19.6. The van der Waals surface area contributed by atoms with E-state index in [1.165, 1.54) is 21.5 Å². The average Bonchev–Trinajstić information content (AvgIpc) is 2.93. The van der Waals surface area contributed by atoms with Crippen molar-refractivity contribution in [2.45, 2.75) is 0 Å². The van der Waals surface area contributed by atoms with Crippen LogP contribution in [0.4, 0.5) is 0 Å². The van der Waals surface area contributed by atoms with E-state index in [1.54, 1.807) is 0 Å². The molecular weight excluding hydrogens is 443 g/mol. The minimum atomic E-state index is -0.936. The van der Waals surface area contributed by atoms with Crippen LogP contribution < -0.4 is 14.0 Å². The predicted molar refractivity (Wildman–Crippen MR) is 147 cm³/mol. The van der Waals surface area contributed by atoms with Crippen molar-refractivity contribution < 1.29 is 14.0 Å². The van der Waals surface area contributed by atoms with Gasteiger partial charge in [-0.3, -0.25) is 0 Å². The maximum atomic E-state index is 6.09. The van der Waals surface area contributed by atoms with Crippen LogP contribution in [0.3, 0.4) is 0 Å². The Hall–Kier alpha value is -4.70. The van der Waals surface area contributed by atoms with Crippen LogP contribution >= 0.6 is 0 Å². The van der Waals surface area contributed by atoms with Gasteiger partial charge in [-0.2, -0.15) is 0 Å². The van der Waals surface area contributed by atoms with Crippen LogP contribution in [0, 0.1) is 0 Å². The first-order chi connectivity index (χ1) is 17.8. The second-order valence-corrected chi connectivity index (χ2v) is 8.55. The van der Waals surface area contributed by atoms with Crippen LogP contribution in [0.25, 0.3) is 32.7 Å². The van der Waals surface area contributed by atoms with Gasteiger partial charge in [-0.25, -0.2) is 0 Å². The van der Waals surface area contributed by atoms with Gasteiger partial charge in [0, 0.05) is 0 Å². The molecule has 0 heterocycles. The molecule has 0 aliphatic rings. The third kappa shape index (κ3) is 4.89. The molecule has 6 rings (SSSR count). The Balaban J connectivity index is 1.24. The quantitative estimate of drug-likeness (QED) is 0.175. The number of fused-ring (bicyclic) bond motifs is 2. The van der Waals surface area contributed by atoms with Crippen LogP contribution in [0.15, 0.2) is 140 Å². The van der Waals surface area contributed by atoms with Gasteiger partial charge in [0.1, 0.15) is 17.2 Å². The fourth-order valence-corrected chi connectivity index (χ4v) is 4.25. The van der Waals surface area contributed by atoms with Gasteiger partial charge in [-0.1, -0.05) is 84.9 Å². The van der Waals surface area contributed by atoms with Crippen LogP contribution in [0.2, 0.25) is 0 Å². The van der Waals surface area contributed by atoms with Crippen molar-refractivity contribution in [3.8, 4) is 28.4 Å². The third-order valence-corrected chi connectivity index (χ3v) is 6.08. The first-order valence-corrected chi connectivity index (χ1v) is 11.9. The van der Waals surface area contributed by atoms with E-state index < -0.39 is 7.32 Å². The fraction of sp³-hybridized carbons (Fsp3) is 0. The molecule has 3 nitrogen and oxygen atoms in total. The van der Waals surface area contributed by atoms with Crippen molar-refractivity contribution >= 4 is 28.9 Å². The number of rotatable bonds is 7. The summed E-state index contributed by atoms with van der Waals surface area (Å²) in [4.78, 5) is 0. The molecule has 0 aliphatic heterocycles. The summed E-state index contributed by atoms with van der Waals surface area (Å²) in [6.45, 7) is 0. The lowest BCUT2D eigenvalue weighted by Crippen LogP contribution is -2.36. The summed E-state index contributed by atoms with van der Waals surface area (Å²) in [5, 5.41) is 4.95. The van der Waals surface area contributed by atoms with E-state index >= 15 is 0 Å². The lowest BCUT2D eigenvalue weighted by molar-refractivity contribution is 0.307. The smallest absolute Gasteiger partial charge is 0.490 e. The second kappa shape index (κ2) is 9.89. The molecule has 0 saturated heterocycles. The monoisotopic (exact) mass is 466 g/mol. The Morgan fingerprint density at radius 1 is 0.333 bits per heavy atom. The highest BCUT2D eigenvalue weighted by Crippen LogP contribution is 2.29. The van der Waals surface area contributed by atoms with E-state index in [-0.39, 0.29) is 0 Å². The molecule has 0 aliphatic carbocycles. The number of hydrogen-bond donors (Lipinski definition) is 0. The van der Waals surface area contributed by atoms with E-state index in [2.05, 4.69) is 66.7 Å². The van der Waals surface area contributed by atoms with Crippen LogP contribution in [-0.4, -0.2) is 7.32 Å². The van der Waals surface area contributed by atoms with Crippen molar-refractivity contribution in [2.75, 3.05) is 0 Å². The molecule has 0 spiro atoms. The van der Waals surface area contributed by atoms with Crippen LogP contribution in [0.5, 0.6) is 17.2 Å². The second-order valence-electron chi connectivity index (χ2n) is 8.55. The summed E-state index contributed by atoms with van der Waals surface area (Å²) >= 11 is 0. The molecular formula is C32H23BO3. The Labute approximate surface area is 210 Å². The summed E-state index contributed by atoms with van der Waals surface area (Å²) < 4.78 is 18.0. The highest BCUT2D eigenvalue weighted by atomic mass is 16.7. The zero-order valence-electron chi connectivity index (χ0n) is 19.6. The molecule has 172 valence electrons. The van der Waals surface area contributed by atoms with Gasteiger partial charge in [0.25, 0.3) is 0 Å². The van der Waals surface area contributed by atoms with Crippen molar-refractivity contribution in [3.63, 3.8) is 0 Å². The lowest BCUT2D eigenvalue weighted by atomic mass is 9.98. The molecule has 0 fully saturated rings. The van der Waals surface area contributed by atoms with Crippen LogP contribution in [0.1, 0.15) is 0 Å². The molecule has 0 N–H and O–H groups in total. The average molecular weight is 466 g/mol.